The van der Waals surface area contributed by atoms with Crippen LogP contribution in [0.1, 0.15) is 22.0 Å². The maximum absolute atomic E-state index is 13.2. The number of benzene rings is 2. The molecule has 0 aliphatic carbocycles. The number of hydrogen-bond acceptors (Lipinski definition) is 7. The molecule has 1 aromatic heterocycles. The van der Waals surface area contributed by atoms with Gasteiger partial charge in [-0.2, -0.15) is 5.26 Å². The van der Waals surface area contributed by atoms with Gasteiger partial charge >= 0.3 is 0 Å². The van der Waals surface area contributed by atoms with Crippen molar-refractivity contribution < 1.29 is 14.0 Å². The number of thioether (sulfide) groups is 1. The summed E-state index contributed by atoms with van der Waals surface area (Å²) in [6.45, 7) is 1.97. The number of rotatable bonds is 7. The van der Waals surface area contributed by atoms with Crippen molar-refractivity contribution in [3.63, 3.8) is 0 Å². The number of carbonyl (C=O) groups excluding carboxylic acids is 2. The Labute approximate surface area is 206 Å². The fourth-order valence-electron chi connectivity index (χ4n) is 3.84. The average molecular weight is 494 g/mol. The molecule has 0 bridgehead atoms. The van der Waals surface area contributed by atoms with Gasteiger partial charge in [0.05, 0.1) is 11.8 Å². The third-order valence-electron chi connectivity index (χ3n) is 5.67. The standard InChI is InChI=1S/C24H24FN7O2S/c1-30-16-27-29-24(30)35-15-22(33)28-20-4-2-3-18(13-20)23(34)32-11-9-31(10-12-32)21(14-26)17-5-7-19(25)8-6-17/h2-8,13,16,21H,9-12,15H2,1H3,(H,28,33). The van der Waals surface area contributed by atoms with E-state index in [2.05, 4.69) is 21.6 Å². The Morgan fingerprint density at radius 2 is 1.91 bits per heavy atom. The number of nitrogens with one attached hydrogen (secondary N) is 1. The lowest BCUT2D eigenvalue weighted by Crippen LogP contribution is -2.49. The number of amides is 2. The maximum Gasteiger partial charge on any atom is 0.254 e. The van der Waals surface area contributed by atoms with Crippen molar-refractivity contribution in [2.24, 2.45) is 7.05 Å². The number of anilines is 1. The van der Waals surface area contributed by atoms with Gasteiger partial charge in [-0.1, -0.05) is 30.0 Å². The molecule has 4 rings (SSSR count). The zero-order chi connectivity index (χ0) is 24.8. The highest BCUT2D eigenvalue weighted by molar-refractivity contribution is 7.99. The molecule has 1 N–H and O–H groups in total. The fraction of sp³-hybridized carbons (Fsp3) is 0.292. The normalized spacial score (nSPS) is 14.8. The van der Waals surface area contributed by atoms with E-state index >= 15 is 0 Å². The van der Waals surface area contributed by atoms with E-state index in [1.165, 1.54) is 23.9 Å². The van der Waals surface area contributed by atoms with Crippen LogP contribution in [0.2, 0.25) is 0 Å². The zero-order valence-electron chi connectivity index (χ0n) is 19.1. The van der Waals surface area contributed by atoms with Gasteiger partial charge in [-0.15, -0.1) is 10.2 Å². The highest BCUT2D eigenvalue weighted by Crippen LogP contribution is 2.23. The minimum absolute atomic E-state index is 0.135. The van der Waals surface area contributed by atoms with E-state index in [1.54, 1.807) is 59.2 Å². The Hall–Kier alpha value is -3.75. The summed E-state index contributed by atoms with van der Waals surface area (Å²) in [5.74, 6) is -0.520. The third kappa shape index (κ3) is 6.03. The largest absolute Gasteiger partial charge is 0.336 e. The van der Waals surface area contributed by atoms with Crippen molar-refractivity contribution in [2.75, 3.05) is 37.2 Å². The van der Waals surface area contributed by atoms with E-state index in [4.69, 9.17) is 0 Å². The summed E-state index contributed by atoms with van der Waals surface area (Å²) >= 11 is 1.27. The summed E-state index contributed by atoms with van der Waals surface area (Å²) in [6.07, 6.45) is 1.57. The van der Waals surface area contributed by atoms with E-state index in [0.717, 1.165) is 5.56 Å². The van der Waals surface area contributed by atoms with Gasteiger partial charge in [-0.05, 0) is 35.9 Å². The van der Waals surface area contributed by atoms with Crippen LogP contribution in [-0.2, 0) is 11.8 Å². The second-order valence-corrected chi connectivity index (χ2v) is 9.00. The molecule has 1 saturated heterocycles. The first kappa shape index (κ1) is 24.4. The molecule has 0 saturated carbocycles. The number of aryl methyl sites for hydroxylation is 1. The Balaban J connectivity index is 1.32. The molecule has 0 spiro atoms. The van der Waals surface area contributed by atoms with Crippen LogP contribution in [-0.4, -0.2) is 68.3 Å². The molecular formula is C24H24FN7O2S. The van der Waals surface area contributed by atoms with E-state index in [9.17, 15) is 19.2 Å². The number of piperazine rings is 1. The van der Waals surface area contributed by atoms with Gasteiger partial charge < -0.3 is 14.8 Å². The van der Waals surface area contributed by atoms with Crippen molar-refractivity contribution in [3.05, 3.63) is 71.8 Å². The number of nitrogens with zero attached hydrogens (tertiary/aromatic N) is 6. The van der Waals surface area contributed by atoms with Gasteiger partial charge in [-0.3, -0.25) is 14.5 Å². The summed E-state index contributed by atoms with van der Waals surface area (Å²) < 4.78 is 15.0. The number of aromatic nitrogens is 3. The molecular weight excluding hydrogens is 469 g/mol. The van der Waals surface area contributed by atoms with Crippen molar-refractivity contribution in [2.45, 2.75) is 11.2 Å². The number of hydrogen-bond donors (Lipinski definition) is 1. The average Bonchev–Trinajstić information content (AvgIpc) is 3.29. The minimum Gasteiger partial charge on any atom is -0.336 e. The highest BCUT2D eigenvalue weighted by Gasteiger charge is 2.27. The lowest BCUT2D eigenvalue weighted by molar-refractivity contribution is -0.113. The van der Waals surface area contributed by atoms with Crippen LogP contribution in [0.25, 0.3) is 0 Å². The smallest absolute Gasteiger partial charge is 0.254 e. The molecule has 0 radical (unpaired) electrons. The van der Waals surface area contributed by atoms with Crippen LogP contribution in [0.3, 0.4) is 0 Å². The van der Waals surface area contributed by atoms with Crippen molar-refractivity contribution in [1.82, 2.24) is 24.6 Å². The molecule has 2 amide bonds. The summed E-state index contributed by atoms with van der Waals surface area (Å²) in [5.41, 5.74) is 1.75. The molecule has 2 aromatic carbocycles. The monoisotopic (exact) mass is 493 g/mol. The van der Waals surface area contributed by atoms with E-state index in [1.807, 2.05) is 4.90 Å². The predicted octanol–water partition coefficient (Wildman–Crippen LogP) is 2.71. The lowest BCUT2D eigenvalue weighted by atomic mass is 10.1. The molecule has 9 nitrogen and oxygen atoms in total. The van der Waals surface area contributed by atoms with Gasteiger partial charge in [-0.25, -0.2) is 4.39 Å². The Bertz CT molecular complexity index is 1230. The quantitative estimate of drug-likeness (QED) is 0.504. The number of nitriles is 1. The van der Waals surface area contributed by atoms with Crippen LogP contribution < -0.4 is 5.32 Å². The summed E-state index contributed by atoms with van der Waals surface area (Å²) in [6, 6.07) is 14.6. The van der Waals surface area contributed by atoms with Crippen LogP contribution in [0, 0.1) is 17.1 Å². The highest BCUT2D eigenvalue weighted by atomic mass is 32.2. The van der Waals surface area contributed by atoms with Gasteiger partial charge in [0.2, 0.25) is 5.91 Å². The molecule has 1 fully saturated rings. The SMILES string of the molecule is Cn1cnnc1SCC(=O)Nc1cccc(C(=O)N2CCN(C(C#N)c3ccc(F)cc3)CC2)c1. The predicted molar refractivity (Wildman–Crippen MR) is 129 cm³/mol. The Morgan fingerprint density at radius 1 is 1.17 bits per heavy atom. The third-order valence-corrected chi connectivity index (χ3v) is 6.70. The van der Waals surface area contributed by atoms with Gasteiger partial charge in [0.1, 0.15) is 18.2 Å². The van der Waals surface area contributed by atoms with Crippen molar-refractivity contribution >= 4 is 29.3 Å². The second kappa shape index (κ2) is 11.1. The summed E-state index contributed by atoms with van der Waals surface area (Å²) in [4.78, 5) is 29.1. The second-order valence-electron chi connectivity index (χ2n) is 8.05. The van der Waals surface area contributed by atoms with Crippen LogP contribution in [0.5, 0.6) is 0 Å². The molecule has 35 heavy (non-hydrogen) atoms. The minimum atomic E-state index is -0.495. The molecule has 1 aliphatic heterocycles. The zero-order valence-corrected chi connectivity index (χ0v) is 19.9. The molecule has 1 atom stereocenters. The number of halogens is 1. The van der Waals surface area contributed by atoms with Crippen LogP contribution in [0.15, 0.2) is 60.0 Å². The number of carbonyl (C=O) groups is 2. The first-order valence-corrected chi connectivity index (χ1v) is 12.0. The van der Waals surface area contributed by atoms with Gasteiger partial charge in [0.15, 0.2) is 5.16 Å². The molecule has 1 unspecified atom stereocenters. The molecule has 1 aliphatic rings. The van der Waals surface area contributed by atoms with Crippen molar-refractivity contribution in [1.29, 1.82) is 5.26 Å². The van der Waals surface area contributed by atoms with E-state index in [-0.39, 0.29) is 23.4 Å². The topological polar surface area (TPSA) is 107 Å². The molecule has 3 aromatic rings. The molecule has 2 heterocycles. The van der Waals surface area contributed by atoms with Crippen molar-refractivity contribution in [3.8, 4) is 6.07 Å². The van der Waals surface area contributed by atoms with Gasteiger partial charge in [0, 0.05) is 44.5 Å². The van der Waals surface area contributed by atoms with Crippen LogP contribution >= 0.6 is 11.8 Å². The first-order valence-electron chi connectivity index (χ1n) is 11.0. The summed E-state index contributed by atoms with van der Waals surface area (Å²) in [7, 11) is 1.80. The maximum atomic E-state index is 13.2. The Morgan fingerprint density at radius 3 is 2.57 bits per heavy atom. The van der Waals surface area contributed by atoms with E-state index < -0.39 is 6.04 Å². The summed E-state index contributed by atoms with van der Waals surface area (Å²) in [5, 5.41) is 20.8. The first-order chi connectivity index (χ1) is 16.9. The van der Waals surface area contributed by atoms with E-state index in [0.29, 0.717) is 42.6 Å². The van der Waals surface area contributed by atoms with Gasteiger partial charge in [0.25, 0.3) is 5.91 Å². The molecule has 11 heteroatoms. The fourth-order valence-corrected chi connectivity index (χ4v) is 4.53. The Kier molecular flexibility index (Phi) is 7.74. The molecule has 180 valence electrons. The van der Waals surface area contributed by atoms with Crippen LogP contribution in [0.4, 0.5) is 10.1 Å². The lowest BCUT2D eigenvalue weighted by Gasteiger charge is -2.37.